The highest BCUT2D eigenvalue weighted by Gasteiger charge is 2.19. The van der Waals surface area contributed by atoms with Gasteiger partial charge in [-0.2, -0.15) is 5.10 Å². The number of carbonyl (C=O) groups excluding carboxylic acids is 1. The van der Waals surface area contributed by atoms with Gasteiger partial charge in [-0.15, -0.1) is 0 Å². The van der Waals surface area contributed by atoms with Crippen molar-refractivity contribution in [2.75, 3.05) is 6.54 Å². The van der Waals surface area contributed by atoms with Crippen LogP contribution in [0.1, 0.15) is 42.7 Å². The van der Waals surface area contributed by atoms with Gasteiger partial charge in [-0.05, 0) is 18.2 Å². The van der Waals surface area contributed by atoms with E-state index >= 15 is 0 Å². The van der Waals surface area contributed by atoms with Crippen LogP contribution in [0.15, 0.2) is 28.9 Å². The minimum Gasteiger partial charge on any atom is -0.469 e. The third-order valence-corrected chi connectivity index (χ3v) is 2.86. The molecule has 0 aromatic carbocycles. The van der Waals surface area contributed by atoms with Crippen LogP contribution in [0, 0.1) is 0 Å². The normalized spacial score (nSPS) is 11.5. The molecule has 0 fully saturated rings. The molecule has 0 unspecified atom stereocenters. The summed E-state index contributed by atoms with van der Waals surface area (Å²) in [7, 11) is 0. The van der Waals surface area contributed by atoms with Crippen molar-refractivity contribution in [1.29, 1.82) is 0 Å². The van der Waals surface area contributed by atoms with Crippen molar-refractivity contribution < 1.29 is 9.21 Å². The molecule has 5 heteroatoms. The maximum absolute atomic E-state index is 11.9. The van der Waals surface area contributed by atoms with Gasteiger partial charge in [0.2, 0.25) is 0 Å². The number of hydrogen-bond donors (Lipinski definition) is 2. The molecule has 0 saturated heterocycles. The van der Waals surface area contributed by atoms with Crippen molar-refractivity contribution in [3.63, 3.8) is 0 Å². The van der Waals surface area contributed by atoms with Crippen molar-refractivity contribution in [3.8, 4) is 0 Å². The first kappa shape index (κ1) is 13.4. The minimum absolute atomic E-state index is 0.0420. The predicted octanol–water partition coefficient (Wildman–Crippen LogP) is 2.27. The number of nitrogens with zero attached hydrogens (tertiary/aromatic N) is 1. The van der Waals surface area contributed by atoms with Crippen LogP contribution in [-0.2, 0) is 11.8 Å². The largest absolute Gasteiger partial charge is 0.469 e. The average Bonchev–Trinajstić information content (AvgIpc) is 2.99. The molecule has 0 bridgehead atoms. The van der Waals surface area contributed by atoms with Gasteiger partial charge < -0.3 is 9.73 Å². The molecule has 2 rings (SSSR count). The smallest absolute Gasteiger partial charge is 0.271 e. The maximum Gasteiger partial charge on any atom is 0.271 e. The quantitative estimate of drug-likeness (QED) is 0.887. The average molecular weight is 261 g/mol. The molecule has 0 aliphatic heterocycles. The molecule has 0 saturated carbocycles. The molecule has 0 radical (unpaired) electrons. The summed E-state index contributed by atoms with van der Waals surface area (Å²) in [5, 5.41) is 9.76. The van der Waals surface area contributed by atoms with Crippen LogP contribution in [0.3, 0.4) is 0 Å². The van der Waals surface area contributed by atoms with Crippen LogP contribution < -0.4 is 5.32 Å². The van der Waals surface area contributed by atoms with E-state index in [1.807, 2.05) is 12.1 Å². The number of hydrogen-bond acceptors (Lipinski definition) is 3. The van der Waals surface area contributed by atoms with Crippen molar-refractivity contribution in [2.45, 2.75) is 32.6 Å². The summed E-state index contributed by atoms with van der Waals surface area (Å²) in [6.07, 6.45) is 2.30. The second-order valence-electron chi connectivity index (χ2n) is 5.50. The van der Waals surface area contributed by atoms with E-state index in [4.69, 9.17) is 4.42 Å². The molecule has 19 heavy (non-hydrogen) atoms. The zero-order chi connectivity index (χ0) is 13.9. The van der Waals surface area contributed by atoms with E-state index in [0.29, 0.717) is 18.7 Å². The van der Waals surface area contributed by atoms with Crippen LogP contribution in [0.2, 0.25) is 0 Å². The number of amides is 1. The SMILES string of the molecule is CC(C)(C)c1cc(C(=O)NCCc2ccco2)n[nH]1. The monoisotopic (exact) mass is 261 g/mol. The Morgan fingerprint density at radius 2 is 2.26 bits per heavy atom. The van der Waals surface area contributed by atoms with Gasteiger partial charge in [0.15, 0.2) is 0 Å². The fraction of sp³-hybridized carbons (Fsp3) is 0.429. The zero-order valence-electron chi connectivity index (χ0n) is 11.5. The Kier molecular flexibility index (Phi) is 3.74. The topological polar surface area (TPSA) is 70.9 Å². The van der Waals surface area contributed by atoms with Crippen molar-refractivity contribution in [2.24, 2.45) is 0 Å². The molecule has 5 nitrogen and oxygen atoms in total. The van der Waals surface area contributed by atoms with Gasteiger partial charge in [0.1, 0.15) is 11.5 Å². The van der Waals surface area contributed by atoms with Gasteiger partial charge in [0, 0.05) is 24.1 Å². The predicted molar refractivity (Wildman–Crippen MR) is 72.0 cm³/mol. The van der Waals surface area contributed by atoms with Crippen molar-refractivity contribution in [1.82, 2.24) is 15.5 Å². The summed E-state index contributed by atoms with van der Waals surface area (Å²) < 4.78 is 5.20. The molecule has 0 aliphatic carbocycles. The van der Waals surface area contributed by atoms with Gasteiger partial charge in [-0.25, -0.2) is 0 Å². The Morgan fingerprint density at radius 1 is 1.47 bits per heavy atom. The van der Waals surface area contributed by atoms with Crippen molar-refractivity contribution in [3.05, 3.63) is 41.6 Å². The number of aromatic nitrogens is 2. The lowest BCUT2D eigenvalue weighted by Gasteiger charge is -2.14. The Morgan fingerprint density at radius 3 is 2.84 bits per heavy atom. The first-order chi connectivity index (χ1) is 8.97. The Balaban J connectivity index is 1.88. The van der Waals surface area contributed by atoms with E-state index in [1.54, 1.807) is 12.3 Å². The fourth-order valence-electron chi connectivity index (χ4n) is 1.67. The van der Waals surface area contributed by atoms with Gasteiger partial charge in [-0.1, -0.05) is 20.8 Å². The van der Waals surface area contributed by atoms with Crippen LogP contribution >= 0.6 is 0 Å². The Hall–Kier alpha value is -2.04. The summed E-state index contributed by atoms with van der Waals surface area (Å²) in [6, 6.07) is 5.51. The summed E-state index contributed by atoms with van der Waals surface area (Å²) >= 11 is 0. The van der Waals surface area contributed by atoms with E-state index in [9.17, 15) is 4.79 Å². The Bertz CT molecular complexity index is 535. The maximum atomic E-state index is 11.9. The molecule has 2 aromatic rings. The zero-order valence-corrected chi connectivity index (χ0v) is 11.5. The molecule has 2 heterocycles. The summed E-state index contributed by atoms with van der Waals surface area (Å²) in [4.78, 5) is 11.9. The summed E-state index contributed by atoms with van der Waals surface area (Å²) in [5.74, 6) is 0.691. The molecule has 0 spiro atoms. The summed E-state index contributed by atoms with van der Waals surface area (Å²) in [6.45, 7) is 6.74. The van der Waals surface area contributed by atoms with Crippen molar-refractivity contribution >= 4 is 5.91 Å². The number of nitrogens with one attached hydrogen (secondary N) is 2. The summed E-state index contributed by atoms with van der Waals surface area (Å²) in [5.41, 5.74) is 1.33. The first-order valence-electron chi connectivity index (χ1n) is 6.33. The van der Waals surface area contributed by atoms with E-state index in [0.717, 1.165) is 11.5 Å². The fourth-order valence-corrected chi connectivity index (χ4v) is 1.67. The molecule has 2 aromatic heterocycles. The lowest BCUT2D eigenvalue weighted by Crippen LogP contribution is -2.25. The number of carbonyl (C=O) groups is 1. The van der Waals surface area contributed by atoms with Gasteiger partial charge in [0.25, 0.3) is 5.91 Å². The highest BCUT2D eigenvalue weighted by Crippen LogP contribution is 2.20. The third kappa shape index (κ3) is 3.47. The molecule has 1 amide bonds. The number of H-pyrrole nitrogens is 1. The molecule has 2 N–H and O–H groups in total. The molecule has 102 valence electrons. The Labute approximate surface area is 112 Å². The van der Waals surface area contributed by atoms with E-state index in [2.05, 4.69) is 36.3 Å². The second-order valence-corrected chi connectivity index (χ2v) is 5.50. The van der Waals surface area contributed by atoms with E-state index < -0.39 is 0 Å². The van der Waals surface area contributed by atoms with Gasteiger partial charge in [0.05, 0.1) is 6.26 Å². The van der Waals surface area contributed by atoms with E-state index in [-0.39, 0.29) is 11.3 Å². The second kappa shape index (κ2) is 5.30. The van der Waals surface area contributed by atoms with Crippen LogP contribution in [0.5, 0.6) is 0 Å². The molecule has 0 aliphatic rings. The van der Waals surface area contributed by atoms with Gasteiger partial charge >= 0.3 is 0 Å². The number of rotatable bonds is 4. The third-order valence-electron chi connectivity index (χ3n) is 2.86. The highest BCUT2D eigenvalue weighted by atomic mass is 16.3. The molecule has 0 atom stereocenters. The van der Waals surface area contributed by atoms with E-state index in [1.165, 1.54) is 0 Å². The van der Waals surface area contributed by atoms with Crippen LogP contribution in [0.25, 0.3) is 0 Å². The first-order valence-corrected chi connectivity index (χ1v) is 6.33. The van der Waals surface area contributed by atoms with Gasteiger partial charge in [-0.3, -0.25) is 9.89 Å². The van der Waals surface area contributed by atoms with Crippen LogP contribution in [-0.4, -0.2) is 22.6 Å². The molecular weight excluding hydrogens is 242 g/mol. The number of furan rings is 1. The lowest BCUT2D eigenvalue weighted by molar-refractivity contribution is 0.0948. The van der Waals surface area contributed by atoms with Crippen LogP contribution in [0.4, 0.5) is 0 Å². The molecular formula is C14H19N3O2. The standard InChI is InChI=1S/C14H19N3O2/c1-14(2,3)12-9-11(16-17-12)13(18)15-7-6-10-5-4-8-19-10/h4-5,8-9H,6-7H2,1-3H3,(H,15,18)(H,16,17). The minimum atomic E-state index is -0.168. The lowest BCUT2D eigenvalue weighted by atomic mass is 9.92. The highest BCUT2D eigenvalue weighted by molar-refractivity contribution is 5.92. The number of aromatic amines is 1.